The smallest absolute Gasteiger partial charge is 0.307 e. The molecule has 9 nitrogen and oxygen atoms in total. The van der Waals surface area contributed by atoms with Gasteiger partial charge in [0.15, 0.2) is 23.8 Å². The molecule has 12 atom stereocenters. The molecular weight excluding hydrogens is 709 g/mol. The zero-order valence-corrected chi connectivity index (χ0v) is 33.4. The van der Waals surface area contributed by atoms with Crippen LogP contribution in [0.5, 0.6) is 0 Å². The van der Waals surface area contributed by atoms with Gasteiger partial charge in [-0.1, -0.05) is 43.9 Å². The third kappa shape index (κ3) is 5.73. The van der Waals surface area contributed by atoms with Gasteiger partial charge in [0.2, 0.25) is 5.78 Å². The molecule has 6 fully saturated rings. The normalized spacial score (nSPS) is 43.4. The predicted octanol–water partition coefficient (Wildman–Crippen LogP) is 6.93. The maximum absolute atomic E-state index is 13.9. The van der Waals surface area contributed by atoms with Crippen molar-refractivity contribution >= 4 is 35.1 Å². The number of hydrogen-bond acceptors (Lipinski definition) is 9. The van der Waals surface area contributed by atoms with E-state index in [-0.39, 0.29) is 72.6 Å². The number of Topliss-reactive ketones (excluding diaryl/α,β-unsaturated/α-hetero) is 2. The Kier molecular flexibility index (Phi) is 9.82. The van der Waals surface area contributed by atoms with Crippen molar-refractivity contribution in [3.05, 3.63) is 35.5 Å². The Hall–Kier alpha value is -3.64. The van der Waals surface area contributed by atoms with Gasteiger partial charge < -0.3 is 14.6 Å². The van der Waals surface area contributed by atoms with Gasteiger partial charge in [-0.05, 0) is 137 Å². The molecule has 1 N–H and O–H groups in total. The second-order valence-electron chi connectivity index (χ2n) is 19.2. The van der Waals surface area contributed by atoms with Gasteiger partial charge in [0.1, 0.15) is 11.4 Å². The van der Waals surface area contributed by atoms with Gasteiger partial charge in [-0.2, -0.15) is 0 Å². The fourth-order valence-electron chi connectivity index (χ4n) is 14.6. The zero-order valence-electron chi connectivity index (χ0n) is 33.4. The molecule has 300 valence electrons. The molecule has 9 heteroatoms. The Morgan fingerprint density at radius 1 is 0.875 bits per heavy atom. The Balaban J connectivity index is 0.846. The standard InChI is InChI=1S/C47H58O9/c1-5-45-21-17-33-32-15-12-30(48)24-28(32)10-13-34(33)37(45)18-22-46(45,6-2)56-41(53)9-7-8-40(52)55-27-39(51)47(54)23-19-36-35-14-11-29-25-31(49)16-20-43(29,3)42(35)38(50)26-44(36,47)4/h2,16,20,24-25,32-37,42,54H,5,7-15,17-19,21-23,26-27H2,1,3-4H3/t32?,33?,34?,35?,36?,37?,42?,43-,44-,45-,46-,47-/m0/s1. The number of aliphatic hydroxyl groups is 1. The maximum atomic E-state index is 13.9. The molecule has 8 rings (SSSR count). The summed E-state index contributed by atoms with van der Waals surface area (Å²) < 4.78 is 11.7. The lowest BCUT2D eigenvalue weighted by Crippen LogP contribution is -2.60. The highest BCUT2D eigenvalue weighted by atomic mass is 16.6. The highest BCUT2D eigenvalue weighted by Crippen LogP contribution is 2.68. The fourth-order valence-corrected chi connectivity index (χ4v) is 14.6. The SMILES string of the molecule is C#C[C@]1(OC(=O)CCCC(=O)OCC(=O)[C@@]2(O)CCC3C4CCC5=CC(=O)C=C[C@]5(C)C4C(=O)C[C@@]32C)CCC2C3CCC4=CC(=O)CCC4C3CC[C@@]21CC. The summed E-state index contributed by atoms with van der Waals surface area (Å²) in [5, 5.41) is 12.0. The van der Waals surface area contributed by atoms with Gasteiger partial charge in [0.05, 0.1) is 0 Å². The van der Waals surface area contributed by atoms with E-state index in [1.807, 2.05) is 26.0 Å². The van der Waals surface area contributed by atoms with Crippen molar-refractivity contribution in [2.45, 2.75) is 141 Å². The van der Waals surface area contributed by atoms with Crippen LogP contribution in [0.2, 0.25) is 0 Å². The van der Waals surface area contributed by atoms with Crippen molar-refractivity contribution < 1.29 is 43.3 Å². The first-order valence-electron chi connectivity index (χ1n) is 21.5. The molecule has 0 spiro atoms. The van der Waals surface area contributed by atoms with E-state index in [1.54, 1.807) is 12.2 Å². The van der Waals surface area contributed by atoms with E-state index in [4.69, 9.17) is 15.9 Å². The third-order valence-corrected chi connectivity index (χ3v) is 17.3. The van der Waals surface area contributed by atoms with Crippen LogP contribution in [-0.2, 0) is 38.2 Å². The highest BCUT2D eigenvalue weighted by Gasteiger charge is 2.69. The first kappa shape index (κ1) is 39.2. The highest BCUT2D eigenvalue weighted by molar-refractivity contribution is 6.02. The van der Waals surface area contributed by atoms with Gasteiger partial charge in [-0.25, -0.2) is 0 Å². The molecule has 0 bridgehead atoms. The number of esters is 2. The lowest BCUT2D eigenvalue weighted by molar-refractivity contribution is -0.174. The van der Waals surface area contributed by atoms with E-state index in [9.17, 15) is 33.9 Å². The minimum Gasteiger partial charge on any atom is -0.458 e. The molecule has 7 unspecified atom stereocenters. The van der Waals surface area contributed by atoms with Crippen molar-refractivity contribution in [1.29, 1.82) is 0 Å². The minimum absolute atomic E-state index is 0.00155. The van der Waals surface area contributed by atoms with Crippen LogP contribution in [0.3, 0.4) is 0 Å². The number of ketones is 4. The summed E-state index contributed by atoms with van der Waals surface area (Å²) in [6.07, 6.45) is 23.4. The summed E-state index contributed by atoms with van der Waals surface area (Å²) >= 11 is 0. The molecule has 0 aromatic carbocycles. The van der Waals surface area contributed by atoms with Gasteiger partial charge in [-0.15, -0.1) is 6.42 Å². The van der Waals surface area contributed by atoms with Crippen LogP contribution < -0.4 is 0 Å². The van der Waals surface area contributed by atoms with Crippen LogP contribution in [0, 0.1) is 70.0 Å². The number of ether oxygens (including phenoxy) is 2. The zero-order chi connectivity index (χ0) is 39.8. The van der Waals surface area contributed by atoms with Crippen molar-refractivity contribution in [3.63, 3.8) is 0 Å². The van der Waals surface area contributed by atoms with E-state index in [0.717, 1.165) is 50.5 Å². The molecule has 0 aromatic heterocycles. The molecule has 8 aliphatic carbocycles. The number of terminal acetylenes is 1. The summed E-state index contributed by atoms with van der Waals surface area (Å²) in [7, 11) is 0. The Morgan fingerprint density at radius 3 is 2.39 bits per heavy atom. The van der Waals surface area contributed by atoms with Crippen molar-refractivity contribution in [1.82, 2.24) is 0 Å². The van der Waals surface area contributed by atoms with E-state index in [1.165, 1.54) is 5.57 Å². The summed E-state index contributed by atoms with van der Waals surface area (Å²) in [5.74, 6) is 2.98. The Labute approximate surface area is 330 Å². The van der Waals surface area contributed by atoms with E-state index in [2.05, 4.69) is 12.8 Å². The summed E-state index contributed by atoms with van der Waals surface area (Å²) in [5.41, 5.74) is -2.31. The Morgan fingerprint density at radius 2 is 1.62 bits per heavy atom. The molecule has 8 aliphatic rings. The summed E-state index contributed by atoms with van der Waals surface area (Å²) in [6, 6.07) is 0. The van der Waals surface area contributed by atoms with Gasteiger partial charge in [0, 0.05) is 47.8 Å². The van der Waals surface area contributed by atoms with Crippen LogP contribution in [0.1, 0.15) is 130 Å². The lowest BCUT2D eigenvalue weighted by atomic mass is 9.46. The quantitative estimate of drug-likeness (QED) is 0.195. The van der Waals surface area contributed by atoms with Gasteiger partial charge in [-0.3, -0.25) is 28.8 Å². The van der Waals surface area contributed by atoms with Crippen LogP contribution in [0.25, 0.3) is 0 Å². The largest absolute Gasteiger partial charge is 0.458 e. The second-order valence-corrected chi connectivity index (χ2v) is 19.2. The average Bonchev–Trinajstić information content (AvgIpc) is 3.64. The topological polar surface area (TPSA) is 141 Å². The van der Waals surface area contributed by atoms with Crippen molar-refractivity contribution in [3.8, 4) is 12.3 Å². The van der Waals surface area contributed by atoms with E-state index >= 15 is 0 Å². The molecule has 0 aromatic rings. The molecule has 0 saturated heterocycles. The summed E-state index contributed by atoms with van der Waals surface area (Å²) in [6.45, 7) is 5.43. The van der Waals surface area contributed by atoms with Crippen LogP contribution in [-0.4, -0.2) is 58.0 Å². The number of allylic oxidation sites excluding steroid dienone is 5. The predicted molar refractivity (Wildman–Crippen MR) is 206 cm³/mol. The second kappa shape index (κ2) is 14.0. The van der Waals surface area contributed by atoms with Crippen LogP contribution >= 0.6 is 0 Å². The van der Waals surface area contributed by atoms with Gasteiger partial charge >= 0.3 is 11.9 Å². The van der Waals surface area contributed by atoms with Crippen LogP contribution in [0.4, 0.5) is 0 Å². The van der Waals surface area contributed by atoms with Crippen LogP contribution in [0.15, 0.2) is 35.5 Å². The Bertz CT molecular complexity index is 1880. The molecule has 0 heterocycles. The molecule has 6 saturated carbocycles. The van der Waals surface area contributed by atoms with Gasteiger partial charge in [0.25, 0.3) is 0 Å². The number of carbonyl (C=O) groups excluding carboxylic acids is 6. The molecule has 0 radical (unpaired) electrons. The molecular formula is C47H58O9. The first-order valence-corrected chi connectivity index (χ1v) is 21.5. The number of rotatable bonds is 9. The maximum Gasteiger partial charge on any atom is 0.307 e. The molecule has 0 amide bonds. The number of carbonyl (C=O) groups is 6. The fraction of sp³-hybridized carbons (Fsp3) is 0.702. The number of fused-ring (bicyclic) bond motifs is 10. The minimum atomic E-state index is -1.80. The molecule has 0 aliphatic heterocycles. The summed E-state index contributed by atoms with van der Waals surface area (Å²) in [4.78, 5) is 78.2. The molecule has 56 heavy (non-hydrogen) atoms. The lowest BCUT2D eigenvalue weighted by Gasteiger charge is -2.56. The average molecular weight is 767 g/mol. The van der Waals surface area contributed by atoms with Crippen molar-refractivity contribution in [2.24, 2.45) is 57.7 Å². The first-order chi connectivity index (χ1) is 26.6. The number of hydrogen-bond donors (Lipinski definition) is 1. The monoisotopic (exact) mass is 766 g/mol. The third-order valence-electron chi connectivity index (χ3n) is 17.3. The van der Waals surface area contributed by atoms with E-state index < -0.39 is 46.4 Å². The van der Waals surface area contributed by atoms with E-state index in [0.29, 0.717) is 55.8 Å². The van der Waals surface area contributed by atoms with Crippen molar-refractivity contribution in [2.75, 3.05) is 6.61 Å².